The molecule has 0 aliphatic carbocycles. The quantitative estimate of drug-likeness (QED) is 0.696. The maximum atomic E-state index is 12.6. The van der Waals surface area contributed by atoms with E-state index in [0.717, 1.165) is 6.42 Å². The number of carbonyl (C=O) groups is 1. The fraction of sp³-hybridized carbons (Fsp3) is 0.533. The molecule has 0 amide bonds. The van der Waals surface area contributed by atoms with Crippen LogP contribution in [0.5, 0.6) is 0 Å². The van der Waals surface area contributed by atoms with E-state index < -0.39 is 22.0 Å². The zero-order chi connectivity index (χ0) is 17.6. The molecule has 23 heavy (non-hydrogen) atoms. The number of esters is 1. The Bertz CT molecular complexity index is 662. The molecule has 1 aromatic rings. The van der Waals surface area contributed by atoms with Crippen LogP contribution in [0, 0.1) is 6.92 Å². The number of carbonyl (C=O) groups excluding carboxylic acids is 1. The largest absolute Gasteiger partial charge is 0.465 e. The van der Waals surface area contributed by atoms with Crippen LogP contribution in [0.2, 0.25) is 10.0 Å². The lowest BCUT2D eigenvalue weighted by atomic mass is 10.1. The normalized spacial score (nSPS) is 12.9. The minimum Gasteiger partial charge on any atom is -0.465 e. The summed E-state index contributed by atoms with van der Waals surface area (Å²) in [6.45, 7) is 5.49. The Balaban J connectivity index is 3.10. The number of sulfonamides is 1. The second-order valence-corrected chi connectivity index (χ2v) is 7.60. The minimum absolute atomic E-state index is 0.00574. The topological polar surface area (TPSA) is 72.5 Å². The average Bonchev–Trinajstić information content (AvgIpc) is 2.47. The molecule has 0 saturated heterocycles. The predicted octanol–water partition coefficient (Wildman–Crippen LogP) is 3.70. The molecule has 0 radical (unpaired) electrons. The van der Waals surface area contributed by atoms with Gasteiger partial charge in [-0.1, -0.05) is 43.0 Å². The van der Waals surface area contributed by atoms with E-state index in [4.69, 9.17) is 27.9 Å². The predicted molar refractivity (Wildman–Crippen MR) is 91.5 cm³/mol. The molecule has 1 unspecified atom stereocenters. The molecule has 130 valence electrons. The van der Waals surface area contributed by atoms with E-state index in [0.29, 0.717) is 23.4 Å². The van der Waals surface area contributed by atoms with Crippen LogP contribution in [0.25, 0.3) is 0 Å². The number of hydrogen-bond acceptors (Lipinski definition) is 4. The van der Waals surface area contributed by atoms with Gasteiger partial charge in [-0.2, -0.15) is 4.72 Å². The molecular weight excluding hydrogens is 361 g/mol. The first-order valence-electron chi connectivity index (χ1n) is 7.37. The minimum atomic E-state index is -3.96. The number of ether oxygens (including phenoxy) is 1. The van der Waals surface area contributed by atoms with Gasteiger partial charge in [-0.3, -0.25) is 4.79 Å². The molecule has 0 bridgehead atoms. The zero-order valence-electron chi connectivity index (χ0n) is 13.4. The first-order chi connectivity index (χ1) is 10.7. The highest BCUT2D eigenvalue weighted by Crippen LogP contribution is 2.28. The Morgan fingerprint density at radius 1 is 1.26 bits per heavy atom. The summed E-state index contributed by atoms with van der Waals surface area (Å²) in [5, 5.41) is 0.382. The molecule has 0 spiro atoms. The van der Waals surface area contributed by atoms with Crippen LogP contribution >= 0.6 is 23.2 Å². The van der Waals surface area contributed by atoms with E-state index in [1.807, 2.05) is 6.92 Å². The van der Waals surface area contributed by atoms with Gasteiger partial charge in [0.1, 0.15) is 10.9 Å². The summed E-state index contributed by atoms with van der Waals surface area (Å²) in [5.74, 6) is -0.591. The molecule has 0 fully saturated rings. The van der Waals surface area contributed by atoms with Crippen LogP contribution < -0.4 is 4.72 Å². The van der Waals surface area contributed by atoms with Gasteiger partial charge in [0.25, 0.3) is 0 Å². The van der Waals surface area contributed by atoms with Gasteiger partial charge in [0.2, 0.25) is 10.0 Å². The van der Waals surface area contributed by atoms with Crippen molar-refractivity contribution >= 4 is 39.2 Å². The van der Waals surface area contributed by atoms with Crippen LogP contribution in [0.3, 0.4) is 0 Å². The van der Waals surface area contributed by atoms with Crippen molar-refractivity contribution in [2.45, 2.75) is 51.0 Å². The van der Waals surface area contributed by atoms with E-state index >= 15 is 0 Å². The number of unbranched alkanes of at least 4 members (excludes halogenated alkanes) is 1. The van der Waals surface area contributed by atoms with Crippen LogP contribution in [0.15, 0.2) is 17.0 Å². The molecule has 0 saturated carbocycles. The molecular formula is C15H21Cl2NO4S. The number of aryl methyl sites for hydroxylation is 1. The smallest absolute Gasteiger partial charge is 0.324 e. The van der Waals surface area contributed by atoms with Crippen molar-refractivity contribution < 1.29 is 17.9 Å². The lowest BCUT2D eigenvalue weighted by Crippen LogP contribution is -2.41. The van der Waals surface area contributed by atoms with Crippen molar-refractivity contribution in [1.82, 2.24) is 4.72 Å². The first-order valence-corrected chi connectivity index (χ1v) is 9.61. The van der Waals surface area contributed by atoms with Gasteiger partial charge in [0.05, 0.1) is 11.6 Å². The Morgan fingerprint density at radius 2 is 1.91 bits per heavy atom. The first kappa shape index (κ1) is 20.2. The van der Waals surface area contributed by atoms with Crippen molar-refractivity contribution in [3.05, 3.63) is 27.7 Å². The van der Waals surface area contributed by atoms with Crippen LogP contribution in [0.4, 0.5) is 0 Å². The highest BCUT2D eigenvalue weighted by atomic mass is 35.5. The van der Waals surface area contributed by atoms with Gasteiger partial charge in [0.15, 0.2) is 0 Å². The lowest BCUT2D eigenvalue weighted by molar-refractivity contribution is -0.145. The zero-order valence-corrected chi connectivity index (χ0v) is 15.7. The molecule has 5 nitrogen and oxygen atoms in total. The van der Waals surface area contributed by atoms with Crippen molar-refractivity contribution in [2.75, 3.05) is 6.61 Å². The summed E-state index contributed by atoms with van der Waals surface area (Å²) < 4.78 is 32.4. The molecule has 1 aromatic carbocycles. The maximum absolute atomic E-state index is 12.6. The Hall–Kier alpha value is -0.820. The number of halogens is 2. The second kappa shape index (κ2) is 8.87. The second-order valence-electron chi connectivity index (χ2n) is 5.10. The van der Waals surface area contributed by atoms with E-state index in [1.54, 1.807) is 13.8 Å². The molecule has 8 heteroatoms. The summed E-state index contributed by atoms with van der Waals surface area (Å²) >= 11 is 11.9. The molecule has 0 heterocycles. The van der Waals surface area contributed by atoms with E-state index in [-0.39, 0.29) is 16.5 Å². The van der Waals surface area contributed by atoms with Gasteiger partial charge < -0.3 is 4.74 Å². The fourth-order valence-corrected chi connectivity index (χ4v) is 4.01. The molecule has 0 aliphatic rings. The molecule has 0 aromatic heterocycles. The van der Waals surface area contributed by atoms with E-state index in [1.165, 1.54) is 12.1 Å². The molecule has 0 aliphatic heterocycles. The molecule has 1 N–H and O–H groups in total. The summed E-state index contributed by atoms with van der Waals surface area (Å²) in [4.78, 5) is 11.9. The third-order valence-electron chi connectivity index (χ3n) is 3.22. The third-order valence-corrected chi connectivity index (χ3v) is 5.56. The average molecular weight is 382 g/mol. The Kier molecular flexibility index (Phi) is 7.80. The lowest BCUT2D eigenvalue weighted by Gasteiger charge is -2.18. The Morgan fingerprint density at radius 3 is 2.48 bits per heavy atom. The molecule has 1 atom stereocenters. The van der Waals surface area contributed by atoms with E-state index in [9.17, 15) is 13.2 Å². The van der Waals surface area contributed by atoms with Crippen molar-refractivity contribution in [3.8, 4) is 0 Å². The van der Waals surface area contributed by atoms with Crippen molar-refractivity contribution in [3.63, 3.8) is 0 Å². The van der Waals surface area contributed by atoms with Crippen molar-refractivity contribution in [2.24, 2.45) is 0 Å². The van der Waals surface area contributed by atoms with Crippen molar-refractivity contribution in [1.29, 1.82) is 0 Å². The number of rotatable bonds is 8. The summed E-state index contributed by atoms with van der Waals surface area (Å²) in [5.41, 5.74) is 0.581. The number of benzene rings is 1. The highest BCUT2D eigenvalue weighted by Gasteiger charge is 2.28. The standard InChI is InChI=1S/C15H21Cl2NO4S/c1-4-6-7-13(15(19)22-5-2)18-23(20,21)14-8-10(3)11(16)9-12(14)17/h8-9,13,18H,4-7H2,1-3H3. The van der Waals surface area contributed by atoms with Crippen LogP contribution in [-0.2, 0) is 19.6 Å². The summed E-state index contributed by atoms with van der Waals surface area (Å²) in [7, 11) is -3.96. The SMILES string of the molecule is CCCCC(NS(=O)(=O)c1cc(C)c(Cl)cc1Cl)C(=O)OCC. The molecule has 1 rings (SSSR count). The third kappa shape index (κ3) is 5.64. The van der Waals surface area contributed by atoms with Gasteiger partial charge >= 0.3 is 5.97 Å². The fourth-order valence-electron chi connectivity index (χ4n) is 1.96. The summed E-state index contributed by atoms with van der Waals surface area (Å²) in [6.07, 6.45) is 1.89. The van der Waals surface area contributed by atoms with Crippen LogP contribution in [-0.4, -0.2) is 27.0 Å². The van der Waals surface area contributed by atoms with Gasteiger partial charge in [-0.05, 0) is 38.0 Å². The van der Waals surface area contributed by atoms with Crippen LogP contribution in [0.1, 0.15) is 38.7 Å². The van der Waals surface area contributed by atoms with E-state index in [2.05, 4.69) is 4.72 Å². The monoisotopic (exact) mass is 381 g/mol. The highest BCUT2D eigenvalue weighted by molar-refractivity contribution is 7.89. The maximum Gasteiger partial charge on any atom is 0.324 e. The Labute approximate surface area is 147 Å². The number of hydrogen-bond donors (Lipinski definition) is 1. The van der Waals surface area contributed by atoms with Gasteiger partial charge in [0, 0.05) is 5.02 Å². The summed E-state index contributed by atoms with van der Waals surface area (Å²) in [6, 6.07) is 1.82. The number of nitrogens with one attached hydrogen (secondary N) is 1. The van der Waals surface area contributed by atoms with Gasteiger partial charge in [-0.15, -0.1) is 0 Å². The van der Waals surface area contributed by atoms with Gasteiger partial charge in [-0.25, -0.2) is 8.42 Å².